The Labute approximate surface area is 112 Å². The minimum absolute atomic E-state index is 0.172. The zero-order valence-electron chi connectivity index (χ0n) is 9.21. The zero-order valence-corrected chi connectivity index (χ0v) is 10.8. The van der Waals surface area contributed by atoms with Crippen LogP contribution >= 0.6 is 22.9 Å². The molecule has 0 fully saturated rings. The minimum atomic E-state index is -0.172. The van der Waals surface area contributed by atoms with Gasteiger partial charge in [-0.1, -0.05) is 23.7 Å². The molecule has 6 heteroatoms. The van der Waals surface area contributed by atoms with Crippen LogP contribution in [0.25, 0.3) is 10.2 Å². The van der Waals surface area contributed by atoms with Gasteiger partial charge in [0.05, 0.1) is 23.1 Å². The van der Waals surface area contributed by atoms with Crippen LogP contribution in [0.5, 0.6) is 0 Å². The molecule has 2 heterocycles. The third kappa shape index (κ3) is 2.14. The van der Waals surface area contributed by atoms with Gasteiger partial charge < -0.3 is 0 Å². The molecule has 0 atom stereocenters. The summed E-state index contributed by atoms with van der Waals surface area (Å²) in [7, 11) is 0. The molecule has 90 valence electrons. The Balaban J connectivity index is 1.98. The largest absolute Gasteiger partial charge is 0.292 e. The highest BCUT2D eigenvalue weighted by Crippen LogP contribution is 2.21. The molecular formula is C12H8ClN3OS. The Bertz CT molecular complexity index is 732. The topological polar surface area (TPSA) is 47.8 Å². The first-order valence-electron chi connectivity index (χ1n) is 5.29. The van der Waals surface area contributed by atoms with Crippen LogP contribution in [0, 0.1) is 0 Å². The van der Waals surface area contributed by atoms with Crippen molar-refractivity contribution in [1.29, 1.82) is 0 Å². The summed E-state index contributed by atoms with van der Waals surface area (Å²) in [5.74, 6) is 0. The van der Waals surface area contributed by atoms with Crippen LogP contribution in [0.15, 0.2) is 41.5 Å². The van der Waals surface area contributed by atoms with Gasteiger partial charge in [0, 0.05) is 6.07 Å². The smallest absolute Gasteiger partial charge is 0.255 e. The molecule has 0 radical (unpaired) electrons. The average molecular weight is 278 g/mol. The van der Waals surface area contributed by atoms with Crippen molar-refractivity contribution in [2.24, 2.45) is 0 Å². The number of hydrogen-bond acceptors (Lipinski definition) is 4. The first-order chi connectivity index (χ1) is 8.72. The van der Waals surface area contributed by atoms with Crippen LogP contribution < -0.4 is 5.56 Å². The second kappa shape index (κ2) is 4.51. The van der Waals surface area contributed by atoms with Gasteiger partial charge in [0.15, 0.2) is 0 Å². The lowest BCUT2D eigenvalue weighted by atomic mass is 10.3. The number of rotatable bonds is 2. The molecule has 0 spiro atoms. The number of nitrogens with zero attached hydrogens (tertiary/aromatic N) is 3. The molecule has 1 aromatic carbocycles. The van der Waals surface area contributed by atoms with E-state index in [9.17, 15) is 4.79 Å². The van der Waals surface area contributed by atoms with Crippen LogP contribution in [0.4, 0.5) is 0 Å². The molecule has 0 unspecified atom stereocenters. The van der Waals surface area contributed by atoms with E-state index in [0.29, 0.717) is 6.54 Å². The molecule has 3 rings (SSSR count). The molecule has 3 aromatic rings. The lowest BCUT2D eigenvalue weighted by Crippen LogP contribution is -2.19. The van der Waals surface area contributed by atoms with Gasteiger partial charge in [0.25, 0.3) is 5.56 Å². The first kappa shape index (κ1) is 11.4. The average Bonchev–Trinajstić information content (AvgIpc) is 2.75. The second-order valence-electron chi connectivity index (χ2n) is 3.75. The Morgan fingerprint density at radius 1 is 1.33 bits per heavy atom. The van der Waals surface area contributed by atoms with Crippen molar-refractivity contribution in [3.8, 4) is 0 Å². The van der Waals surface area contributed by atoms with Crippen molar-refractivity contribution in [3.05, 3.63) is 57.2 Å². The van der Waals surface area contributed by atoms with E-state index in [1.807, 2.05) is 24.3 Å². The van der Waals surface area contributed by atoms with Gasteiger partial charge >= 0.3 is 0 Å². The zero-order chi connectivity index (χ0) is 12.5. The molecule has 0 aliphatic heterocycles. The quantitative estimate of drug-likeness (QED) is 0.677. The lowest BCUT2D eigenvalue weighted by molar-refractivity contribution is 0.733. The maximum atomic E-state index is 11.7. The van der Waals surface area contributed by atoms with E-state index in [2.05, 4.69) is 9.97 Å². The standard InChI is InChI=1S/C12H8ClN3OS/c13-10-5-12(17)16(7-14-10)6-11-15-8-3-1-2-4-9(8)18-11/h1-5,7H,6H2. The van der Waals surface area contributed by atoms with Crippen LogP contribution in [0.2, 0.25) is 5.15 Å². The van der Waals surface area contributed by atoms with E-state index >= 15 is 0 Å². The molecule has 2 aromatic heterocycles. The monoisotopic (exact) mass is 277 g/mol. The van der Waals surface area contributed by atoms with E-state index in [0.717, 1.165) is 15.2 Å². The molecular weight excluding hydrogens is 270 g/mol. The molecule has 0 aliphatic rings. The van der Waals surface area contributed by atoms with Crippen molar-refractivity contribution in [2.75, 3.05) is 0 Å². The van der Waals surface area contributed by atoms with Crippen LogP contribution in [0.1, 0.15) is 5.01 Å². The van der Waals surface area contributed by atoms with Gasteiger partial charge in [-0.05, 0) is 12.1 Å². The fourth-order valence-electron chi connectivity index (χ4n) is 1.66. The molecule has 0 N–H and O–H groups in total. The SMILES string of the molecule is O=c1cc(Cl)ncn1Cc1nc2ccccc2s1. The van der Waals surface area contributed by atoms with Crippen molar-refractivity contribution < 1.29 is 0 Å². The second-order valence-corrected chi connectivity index (χ2v) is 5.26. The van der Waals surface area contributed by atoms with E-state index in [1.54, 1.807) is 11.3 Å². The van der Waals surface area contributed by atoms with E-state index < -0.39 is 0 Å². The Hall–Kier alpha value is -1.72. The summed E-state index contributed by atoms with van der Waals surface area (Å²) in [6, 6.07) is 9.19. The highest BCUT2D eigenvalue weighted by molar-refractivity contribution is 7.18. The van der Waals surface area contributed by atoms with Gasteiger partial charge in [-0.25, -0.2) is 9.97 Å². The summed E-state index contributed by atoms with van der Waals surface area (Å²) >= 11 is 7.22. The third-order valence-electron chi connectivity index (χ3n) is 2.49. The summed E-state index contributed by atoms with van der Waals surface area (Å²) in [6.07, 6.45) is 1.44. The lowest BCUT2D eigenvalue weighted by Gasteiger charge is -2.00. The molecule has 0 saturated heterocycles. The Kier molecular flexibility index (Phi) is 2.85. The van der Waals surface area contributed by atoms with Gasteiger partial charge in [0.1, 0.15) is 10.2 Å². The highest BCUT2D eigenvalue weighted by atomic mass is 35.5. The van der Waals surface area contributed by atoms with Gasteiger partial charge in [-0.15, -0.1) is 11.3 Å². The highest BCUT2D eigenvalue weighted by Gasteiger charge is 2.05. The predicted molar refractivity (Wildman–Crippen MR) is 72.2 cm³/mol. The molecule has 0 amide bonds. The fraction of sp³-hybridized carbons (Fsp3) is 0.0833. The van der Waals surface area contributed by atoms with Crippen molar-refractivity contribution in [2.45, 2.75) is 6.54 Å². The van der Waals surface area contributed by atoms with E-state index in [-0.39, 0.29) is 10.7 Å². The molecule has 18 heavy (non-hydrogen) atoms. The summed E-state index contributed by atoms with van der Waals surface area (Å²) in [4.78, 5) is 20.0. The Morgan fingerprint density at radius 2 is 2.17 bits per heavy atom. The minimum Gasteiger partial charge on any atom is -0.292 e. The summed E-state index contributed by atoms with van der Waals surface area (Å²) in [6.45, 7) is 0.419. The van der Waals surface area contributed by atoms with Crippen molar-refractivity contribution >= 4 is 33.2 Å². The molecule has 0 saturated carbocycles. The predicted octanol–water partition coefficient (Wildman–Crippen LogP) is 2.55. The summed E-state index contributed by atoms with van der Waals surface area (Å²) in [5.41, 5.74) is 0.779. The number of halogens is 1. The number of fused-ring (bicyclic) bond motifs is 1. The number of thiazole rings is 1. The van der Waals surface area contributed by atoms with E-state index in [4.69, 9.17) is 11.6 Å². The number of benzene rings is 1. The maximum Gasteiger partial charge on any atom is 0.255 e. The Morgan fingerprint density at radius 3 is 2.94 bits per heavy atom. The number of aromatic nitrogens is 3. The maximum absolute atomic E-state index is 11.7. The summed E-state index contributed by atoms with van der Waals surface area (Å²) in [5, 5.41) is 1.09. The normalized spacial score (nSPS) is 10.9. The third-order valence-corrected chi connectivity index (χ3v) is 3.72. The van der Waals surface area contributed by atoms with Gasteiger partial charge in [-0.3, -0.25) is 9.36 Å². The van der Waals surface area contributed by atoms with Gasteiger partial charge in [-0.2, -0.15) is 0 Å². The number of para-hydroxylation sites is 1. The molecule has 0 aliphatic carbocycles. The van der Waals surface area contributed by atoms with Crippen molar-refractivity contribution in [1.82, 2.24) is 14.5 Å². The molecule has 4 nitrogen and oxygen atoms in total. The summed E-state index contributed by atoms with van der Waals surface area (Å²) < 4.78 is 2.60. The fourth-order valence-corrected chi connectivity index (χ4v) is 2.76. The first-order valence-corrected chi connectivity index (χ1v) is 6.48. The molecule has 0 bridgehead atoms. The number of hydrogen-bond donors (Lipinski definition) is 0. The van der Waals surface area contributed by atoms with Crippen LogP contribution in [0.3, 0.4) is 0 Å². The van der Waals surface area contributed by atoms with E-state index in [1.165, 1.54) is 17.0 Å². The van der Waals surface area contributed by atoms with Crippen LogP contribution in [-0.2, 0) is 6.54 Å². The van der Waals surface area contributed by atoms with Crippen molar-refractivity contribution in [3.63, 3.8) is 0 Å². The van der Waals surface area contributed by atoms with Gasteiger partial charge in [0.2, 0.25) is 0 Å². The van der Waals surface area contributed by atoms with Crippen LogP contribution in [-0.4, -0.2) is 14.5 Å².